The Morgan fingerprint density at radius 1 is 1.43 bits per heavy atom. The molecule has 0 saturated heterocycles. The lowest BCUT2D eigenvalue weighted by Crippen LogP contribution is -2.63. The summed E-state index contributed by atoms with van der Waals surface area (Å²) in [5, 5.41) is 14.0. The highest BCUT2D eigenvalue weighted by Crippen LogP contribution is 2.54. The van der Waals surface area contributed by atoms with Crippen molar-refractivity contribution in [1.82, 2.24) is 5.32 Å². The number of non-ortho nitro benzene ring substituents is 1. The van der Waals surface area contributed by atoms with Gasteiger partial charge in [-0.2, -0.15) is 0 Å². The van der Waals surface area contributed by atoms with Crippen LogP contribution in [0.2, 0.25) is 0 Å². The molecule has 2 aliphatic carbocycles. The van der Waals surface area contributed by atoms with Crippen LogP contribution < -0.4 is 10.1 Å². The van der Waals surface area contributed by atoms with Gasteiger partial charge in [-0.15, -0.1) is 0 Å². The minimum Gasteiger partial charge on any atom is -0.487 e. The number of halogens is 1. The standard InChI is InChI=1S/C15H19FN2O3/c1-17-13-9-14(15(13)6-2-3-7-15)21-12-5-4-10(18(19)20)8-11(12)16/h4-5,8,13-14,17H,2-3,6-7,9H2,1H3. The van der Waals surface area contributed by atoms with Gasteiger partial charge in [-0.3, -0.25) is 10.1 Å². The fourth-order valence-electron chi connectivity index (χ4n) is 3.87. The van der Waals surface area contributed by atoms with E-state index in [2.05, 4.69) is 5.32 Å². The Hall–Kier alpha value is -1.69. The number of benzene rings is 1. The molecule has 6 heteroatoms. The van der Waals surface area contributed by atoms with Gasteiger partial charge in [0, 0.05) is 23.9 Å². The summed E-state index contributed by atoms with van der Waals surface area (Å²) in [5.41, 5.74) is -0.152. The molecule has 2 aliphatic rings. The van der Waals surface area contributed by atoms with Gasteiger partial charge in [0.2, 0.25) is 0 Å². The van der Waals surface area contributed by atoms with Crippen LogP contribution in [-0.2, 0) is 0 Å². The second kappa shape index (κ2) is 5.26. The molecule has 21 heavy (non-hydrogen) atoms. The monoisotopic (exact) mass is 294 g/mol. The lowest BCUT2D eigenvalue weighted by molar-refractivity contribution is -0.385. The lowest BCUT2D eigenvalue weighted by atomic mass is 9.60. The van der Waals surface area contributed by atoms with Crippen LogP contribution in [0.1, 0.15) is 32.1 Å². The first-order chi connectivity index (χ1) is 10.1. The van der Waals surface area contributed by atoms with Crippen LogP contribution in [-0.4, -0.2) is 24.1 Å². The Labute approximate surface area is 122 Å². The average Bonchev–Trinajstić information content (AvgIpc) is 2.96. The van der Waals surface area contributed by atoms with E-state index in [-0.39, 0.29) is 23.0 Å². The molecule has 2 saturated carbocycles. The van der Waals surface area contributed by atoms with E-state index in [9.17, 15) is 14.5 Å². The highest BCUT2D eigenvalue weighted by atomic mass is 19.1. The Kier molecular flexibility index (Phi) is 3.57. The highest BCUT2D eigenvalue weighted by molar-refractivity contribution is 5.38. The number of nitro benzene ring substituents is 1. The molecule has 0 radical (unpaired) electrons. The smallest absolute Gasteiger partial charge is 0.272 e. The van der Waals surface area contributed by atoms with Gasteiger partial charge in [0.05, 0.1) is 11.0 Å². The Balaban J connectivity index is 1.77. The van der Waals surface area contributed by atoms with Crippen LogP contribution in [0.5, 0.6) is 5.75 Å². The fourth-order valence-corrected chi connectivity index (χ4v) is 3.87. The van der Waals surface area contributed by atoms with Gasteiger partial charge in [-0.05, 0) is 26.0 Å². The quantitative estimate of drug-likeness (QED) is 0.685. The van der Waals surface area contributed by atoms with Crippen LogP contribution in [0.25, 0.3) is 0 Å². The van der Waals surface area contributed by atoms with Gasteiger partial charge in [0.1, 0.15) is 6.10 Å². The summed E-state index contributed by atoms with van der Waals surface area (Å²) in [6, 6.07) is 3.99. The SMILES string of the molecule is CNC1CC(Oc2ccc([N+](=O)[O-])cc2F)C12CCCC2. The molecule has 2 unspecified atom stereocenters. The summed E-state index contributed by atoms with van der Waals surface area (Å²) in [4.78, 5) is 10.0. The number of nitrogens with zero attached hydrogens (tertiary/aromatic N) is 1. The molecule has 0 bridgehead atoms. The van der Waals surface area contributed by atoms with Crippen LogP contribution in [0.15, 0.2) is 18.2 Å². The van der Waals surface area contributed by atoms with Crippen molar-refractivity contribution in [2.45, 2.75) is 44.2 Å². The van der Waals surface area contributed by atoms with Crippen molar-refractivity contribution in [3.05, 3.63) is 34.1 Å². The average molecular weight is 294 g/mol. The van der Waals surface area contributed by atoms with E-state index in [1.54, 1.807) is 0 Å². The molecular weight excluding hydrogens is 275 g/mol. The Morgan fingerprint density at radius 2 is 2.14 bits per heavy atom. The summed E-state index contributed by atoms with van der Waals surface area (Å²) in [5.74, 6) is -0.545. The third-order valence-corrected chi connectivity index (χ3v) is 5.06. The van der Waals surface area contributed by atoms with Crippen molar-refractivity contribution >= 4 is 5.69 Å². The zero-order chi connectivity index (χ0) is 15.0. The molecule has 1 aromatic carbocycles. The molecule has 0 aromatic heterocycles. The van der Waals surface area contributed by atoms with Crippen molar-refractivity contribution in [2.75, 3.05) is 7.05 Å². The summed E-state index contributed by atoms with van der Waals surface area (Å²) >= 11 is 0. The predicted octanol–water partition coefficient (Wildman–Crippen LogP) is 3.03. The van der Waals surface area contributed by atoms with Crippen molar-refractivity contribution in [2.24, 2.45) is 5.41 Å². The van der Waals surface area contributed by atoms with Gasteiger partial charge in [-0.25, -0.2) is 4.39 Å². The first-order valence-electron chi connectivity index (χ1n) is 7.35. The van der Waals surface area contributed by atoms with E-state index in [1.807, 2.05) is 7.05 Å². The summed E-state index contributed by atoms with van der Waals surface area (Å²) in [6.45, 7) is 0. The summed E-state index contributed by atoms with van der Waals surface area (Å²) in [7, 11) is 1.95. The van der Waals surface area contributed by atoms with E-state index in [0.29, 0.717) is 6.04 Å². The second-order valence-corrected chi connectivity index (χ2v) is 6.00. The topological polar surface area (TPSA) is 64.4 Å². The summed E-state index contributed by atoms with van der Waals surface area (Å²) < 4.78 is 19.8. The van der Waals surface area contributed by atoms with Crippen LogP contribution >= 0.6 is 0 Å². The highest BCUT2D eigenvalue weighted by Gasteiger charge is 2.57. The molecule has 1 N–H and O–H groups in total. The first-order valence-corrected chi connectivity index (χ1v) is 7.35. The van der Waals surface area contributed by atoms with Crippen molar-refractivity contribution in [1.29, 1.82) is 0 Å². The Bertz CT molecular complexity index is 558. The molecular formula is C15H19FN2O3. The zero-order valence-corrected chi connectivity index (χ0v) is 12.0. The number of nitrogens with one attached hydrogen (secondary N) is 1. The number of hydrogen-bond acceptors (Lipinski definition) is 4. The predicted molar refractivity (Wildman–Crippen MR) is 75.8 cm³/mol. The van der Waals surface area contributed by atoms with E-state index >= 15 is 0 Å². The molecule has 1 aromatic rings. The van der Waals surface area contributed by atoms with Crippen molar-refractivity contribution < 1.29 is 14.1 Å². The van der Waals surface area contributed by atoms with Crippen LogP contribution in [0.3, 0.4) is 0 Å². The van der Waals surface area contributed by atoms with E-state index in [1.165, 1.54) is 25.0 Å². The molecule has 5 nitrogen and oxygen atoms in total. The minimum absolute atomic E-state index is 0.00611. The van der Waals surface area contributed by atoms with Gasteiger partial charge < -0.3 is 10.1 Å². The number of rotatable bonds is 4. The molecule has 3 rings (SSSR count). The van der Waals surface area contributed by atoms with E-state index in [4.69, 9.17) is 4.74 Å². The van der Waals surface area contributed by atoms with E-state index < -0.39 is 10.7 Å². The number of ether oxygens (including phenoxy) is 1. The molecule has 0 heterocycles. The lowest BCUT2D eigenvalue weighted by Gasteiger charge is -2.53. The fraction of sp³-hybridized carbons (Fsp3) is 0.600. The second-order valence-electron chi connectivity index (χ2n) is 6.00. The van der Waals surface area contributed by atoms with Crippen LogP contribution in [0.4, 0.5) is 10.1 Å². The van der Waals surface area contributed by atoms with Gasteiger partial charge in [-0.1, -0.05) is 12.8 Å². The third-order valence-electron chi connectivity index (χ3n) is 5.06. The van der Waals surface area contributed by atoms with Gasteiger partial charge in [0.25, 0.3) is 5.69 Å². The molecule has 2 fully saturated rings. The van der Waals surface area contributed by atoms with Crippen molar-refractivity contribution in [3.63, 3.8) is 0 Å². The molecule has 114 valence electrons. The molecule has 0 amide bonds. The van der Waals surface area contributed by atoms with Gasteiger partial charge in [0.15, 0.2) is 11.6 Å². The van der Waals surface area contributed by atoms with Gasteiger partial charge >= 0.3 is 0 Å². The normalized spacial score (nSPS) is 26.6. The maximum absolute atomic E-state index is 13.9. The molecule has 2 atom stereocenters. The number of nitro groups is 1. The third kappa shape index (κ3) is 2.27. The number of hydrogen-bond donors (Lipinski definition) is 1. The maximum atomic E-state index is 13.9. The first kappa shape index (κ1) is 14.3. The Morgan fingerprint density at radius 3 is 2.71 bits per heavy atom. The molecule has 1 spiro atoms. The maximum Gasteiger partial charge on any atom is 0.272 e. The van der Waals surface area contributed by atoms with Crippen molar-refractivity contribution in [3.8, 4) is 5.75 Å². The van der Waals surface area contributed by atoms with E-state index in [0.717, 1.165) is 25.3 Å². The molecule has 0 aliphatic heterocycles. The minimum atomic E-state index is -0.662. The zero-order valence-electron chi connectivity index (χ0n) is 12.0. The summed E-state index contributed by atoms with van der Waals surface area (Å²) in [6.07, 6.45) is 5.40. The largest absolute Gasteiger partial charge is 0.487 e. The van der Waals surface area contributed by atoms with Crippen LogP contribution in [0, 0.1) is 21.3 Å².